The maximum atomic E-state index is 10.9. The molecule has 1 unspecified atom stereocenters. The van der Waals surface area contributed by atoms with Gasteiger partial charge in [0.25, 0.3) is 0 Å². The van der Waals surface area contributed by atoms with Crippen LogP contribution in [0.3, 0.4) is 0 Å². The molecule has 3 heteroatoms. The molecule has 0 aliphatic heterocycles. The van der Waals surface area contributed by atoms with E-state index in [2.05, 4.69) is 18.2 Å². The predicted octanol–water partition coefficient (Wildman–Crippen LogP) is 2.90. The van der Waals surface area contributed by atoms with Crippen molar-refractivity contribution in [1.29, 1.82) is 0 Å². The van der Waals surface area contributed by atoms with Gasteiger partial charge in [-0.2, -0.15) is 0 Å². The van der Waals surface area contributed by atoms with Gasteiger partial charge in [0.2, 0.25) is 0 Å². The van der Waals surface area contributed by atoms with E-state index in [0.29, 0.717) is 6.61 Å². The highest BCUT2D eigenvalue weighted by Crippen LogP contribution is 2.06. The van der Waals surface area contributed by atoms with E-state index in [4.69, 9.17) is 4.74 Å². The average molecular weight is 186 g/mol. The summed E-state index contributed by atoms with van der Waals surface area (Å²) in [5.41, 5.74) is 0. The van der Waals surface area contributed by atoms with Crippen molar-refractivity contribution in [2.75, 3.05) is 6.61 Å². The first-order valence-electron chi connectivity index (χ1n) is 4.70. The van der Waals surface area contributed by atoms with Gasteiger partial charge in [0.15, 0.2) is 0 Å². The monoisotopic (exact) mass is 186 g/mol. The molecule has 0 radical (unpaired) electrons. The summed E-state index contributed by atoms with van der Waals surface area (Å²) in [6.07, 6.45) is 3.74. The number of unbranched alkanes of at least 4 members (excludes halogenated alkanes) is 1. The van der Waals surface area contributed by atoms with E-state index in [-0.39, 0.29) is 6.10 Å². The highest BCUT2D eigenvalue weighted by molar-refractivity contribution is 5.60. The molecule has 76 valence electrons. The molecule has 3 nitrogen and oxygen atoms in total. The van der Waals surface area contributed by atoms with Crippen molar-refractivity contribution < 1.29 is 14.3 Å². The molecule has 0 heterocycles. The number of hydrogen-bond donors (Lipinski definition) is 0. The summed E-state index contributed by atoms with van der Waals surface area (Å²) < 4.78 is 9.61. The van der Waals surface area contributed by atoms with Gasteiger partial charge in [-0.25, -0.2) is 4.79 Å². The van der Waals surface area contributed by atoms with Gasteiger partial charge in [0, 0.05) is 0 Å². The second-order valence-electron chi connectivity index (χ2n) is 2.72. The molecule has 0 fully saturated rings. The lowest BCUT2D eigenvalue weighted by Gasteiger charge is -2.12. The van der Waals surface area contributed by atoms with Crippen LogP contribution in [0, 0.1) is 0 Å². The lowest BCUT2D eigenvalue weighted by molar-refractivity contribution is 0.0378. The van der Waals surface area contributed by atoms with Crippen molar-refractivity contribution >= 4 is 6.16 Å². The number of carbonyl (C=O) groups is 1. The lowest BCUT2D eigenvalue weighted by Crippen LogP contribution is -2.16. The summed E-state index contributed by atoms with van der Waals surface area (Å²) in [5.74, 6) is 0. The Hall–Kier alpha value is -0.990. The first-order valence-corrected chi connectivity index (χ1v) is 4.70. The van der Waals surface area contributed by atoms with Crippen LogP contribution in [0.4, 0.5) is 4.79 Å². The second-order valence-corrected chi connectivity index (χ2v) is 2.72. The fourth-order valence-corrected chi connectivity index (χ4v) is 0.906. The van der Waals surface area contributed by atoms with Crippen LogP contribution in [0.2, 0.25) is 0 Å². The molecule has 1 atom stereocenters. The van der Waals surface area contributed by atoms with E-state index in [1.165, 1.54) is 0 Å². The topological polar surface area (TPSA) is 35.5 Å². The molecule has 0 bridgehead atoms. The molecule has 0 saturated carbocycles. The molecule has 0 aromatic carbocycles. The zero-order valence-electron chi connectivity index (χ0n) is 8.41. The van der Waals surface area contributed by atoms with Crippen molar-refractivity contribution in [1.82, 2.24) is 0 Å². The average Bonchev–Trinajstić information content (AvgIpc) is 2.12. The molecule has 0 N–H and O–H groups in total. The molecule has 0 rings (SSSR count). The van der Waals surface area contributed by atoms with Crippen LogP contribution in [-0.2, 0) is 9.47 Å². The van der Waals surface area contributed by atoms with E-state index in [1.807, 2.05) is 0 Å². The number of ether oxygens (including phenoxy) is 2. The quantitative estimate of drug-likeness (QED) is 0.472. The van der Waals surface area contributed by atoms with E-state index >= 15 is 0 Å². The third kappa shape index (κ3) is 6.20. The van der Waals surface area contributed by atoms with Crippen LogP contribution >= 0.6 is 0 Å². The van der Waals surface area contributed by atoms with Gasteiger partial charge in [-0.3, -0.25) is 0 Å². The second kappa shape index (κ2) is 7.65. The molecular formula is C10H18O3. The maximum absolute atomic E-state index is 10.9. The van der Waals surface area contributed by atoms with Crippen molar-refractivity contribution in [3.63, 3.8) is 0 Å². The van der Waals surface area contributed by atoms with Crippen molar-refractivity contribution in [3.8, 4) is 0 Å². The first-order chi connectivity index (χ1) is 6.24. The zero-order valence-corrected chi connectivity index (χ0v) is 8.41. The summed E-state index contributed by atoms with van der Waals surface area (Å²) in [5, 5.41) is 0. The number of hydrogen-bond acceptors (Lipinski definition) is 3. The van der Waals surface area contributed by atoms with Crippen LogP contribution < -0.4 is 0 Å². The Morgan fingerprint density at radius 2 is 2.23 bits per heavy atom. The van der Waals surface area contributed by atoms with Crippen LogP contribution in [-0.4, -0.2) is 18.9 Å². The molecule has 13 heavy (non-hydrogen) atoms. The SMILES string of the molecule is C=CC(CCCC)OC(=O)OCC. The molecule has 0 amide bonds. The smallest absolute Gasteiger partial charge is 0.435 e. The molecule has 0 aromatic rings. The standard InChI is InChI=1S/C10H18O3/c1-4-7-8-9(5-2)13-10(11)12-6-3/h5,9H,2,4,6-8H2,1,3H3. The molecular weight excluding hydrogens is 168 g/mol. The van der Waals surface area contributed by atoms with Gasteiger partial charge in [-0.15, -0.1) is 0 Å². The molecule has 0 aliphatic rings. The minimum Gasteiger partial charge on any atom is -0.435 e. The van der Waals surface area contributed by atoms with Gasteiger partial charge in [0.1, 0.15) is 6.10 Å². The van der Waals surface area contributed by atoms with Crippen LogP contribution in [0.5, 0.6) is 0 Å². The summed E-state index contributed by atoms with van der Waals surface area (Å²) in [7, 11) is 0. The largest absolute Gasteiger partial charge is 0.508 e. The highest BCUT2D eigenvalue weighted by atomic mass is 16.7. The number of carbonyl (C=O) groups excluding carboxylic acids is 1. The summed E-state index contributed by atoms with van der Waals surface area (Å²) >= 11 is 0. The fourth-order valence-electron chi connectivity index (χ4n) is 0.906. The van der Waals surface area contributed by atoms with Crippen LogP contribution in [0.25, 0.3) is 0 Å². The predicted molar refractivity (Wildman–Crippen MR) is 51.6 cm³/mol. The summed E-state index contributed by atoms with van der Waals surface area (Å²) in [4.78, 5) is 10.9. The Kier molecular flexibility index (Phi) is 7.07. The third-order valence-corrected chi connectivity index (χ3v) is 1.61. The molecule has 0 aliphatic carbocycles. The third-order valence-electron chi connectivity index (χ3n) is 1.61. The van der Waals surface area contributed by atoms with Crippen LogP contribution in [0.15, 0.2) is 12.7 Å². The van der Waals surface area contributed by atoms with Crippen molar-refractivity contribution in [2.45, 2.75) is 39.2 Å². The normalized spacial score (nSPS) is 11.8. The minimum atomic E-state index is -0.608. The Labute approximate surface area is 79.7 Å². The maximum Gasteiger partial charge on any atom is 0.508 e. The molecule has 0 aromatic heterocycles. The van der Waals surface area contributed by atoms with Gasteiger partial charge < -0.3 is 9.47 Å². The van der Waals surface area contributed by atoms with Crippen LogP contribution in [0.1, 0.15) is 33.1 Å². The Balaban J connectivity index is 3.69. The summed E-state index contributed by atoms with van der Waals surface area (Å²) in [6.45, 7) is 7.77. The lowest BCUT2D eigenvalue weighted by atomic mass is 10.1. The van der Waals surface area contributed by atoms with Crippen molar-refractivity contribution in [2.24, 2.45) is 0 Å². The Morgan fingerprint density at radius 3 is 2.69 bits per heavy atom. The molecule has 0 saturated heterocycles. The molecule has 0 spiro atoms. The van der Waals surface area contributed by atoms with Gasteiger partial charge in [-0.05, 0) is 19.8 Å². The van der Waals surface area contributed by atoms with Gasteiger partial charge in [-0.1, -0.05) is 26.0 Å². The Morgan fingerprint density at radius 1 is 1.54 bits per heavy atom. The Bertz CT molecular complexity index is 154. The fraction of sp³-hybridized carbons (Fsp3) is 0.700. The summed E-state index contributed by atoms with van der Waals surface area (Å²) in [6, 6.07) is 0. The minimum absolute atomic E-state index is 0.209. The van der Waals surface area contributed by atoms with Gasteiger partial charge >= 0.3 is 6.16 Å². The zero-order chi connectivity index (χ0) is 10.1. The van der Waals surface area contributed by atoms with E-state index in [9.17, 15) is 4.79 Å². The van der Waals surface area contributed by atoms with E-state index in [0.717, 1.165) is 19.3 Å². The van der Waals surface area contributed by atoms with Gasteiger partial charge in [0.05, 0.1) is 6.61 Å². The first kappa shape index (κ1) is 12.0. The highest BCUT2D eigenvalue weighted by Gasteiger charge is 2.10. The van der Waals surface area contributed by atoms with E-state index < -0.39 is 6.16 Å². The van der Waals surface area contributed by atoms with E-state index in [1.54, 1.807) is 13.0 Å². The van der Waals surface area contributed by atoms with Crippen molar-refractivity contribution in [3.05, 3.63) is 12.7 Å². The number of rotatable bonds is 6.